The zero-order chi connectivity index (χ0) is 11.8. The molecule has 0 aliphatic carbocycles. The predicted octanol–water partition coefficient (Wildman–Crippen LogP) is -1.11. The van der Waals surface area contributed by atoms with Gasteiger partial charge < -0.3 is 10.4 Å². The number of carboxylic acids is 1. The molecule has 0 saturated carbocycles. The zero-order valence-corrected chi connectivity index (χ0v) is 8.66. The number of imide groups is 1. The van der Waals surface area contributed by atoms with Gasteiger partial charge in [-0.2, -0.15) is 0 Å². The molecule has 1 atom stereocenters. The minimum absolute atomic E-state index is 0.329. The second-order valence-corrected chi connectivity index (χ2v) is 2.85. The van der Waals surface area contributed by atoms with Crippen LogP contribution in [-0.4, -0.2) is 42.1 Å². The van der Waals surface area contributed by atoms with Gasteiger partial charge in [-0.3, -0.25) is 20.2 Å². The lowest BCUT2D eigenvalue weighted by atomic mass is 10.3. The Labute approximate surface area is 87.2 Å². The Morgan fingerprint density at radius 2 is 1.93 bits per heavy atom. The van der Waals surface area contributed by atoms with Crippen LogP contribution in [0.5, 0.6) is 0 Å². The van der Waals surface area contributed by atoms with E-state index >= 15 is 0 Å². The van der Waals surface area contributed by atoms with E-state index in [9.17, 15) is 14.4 Å². The van der Waals surface area contributed by atoms with Crippen molar-refractivity contribution in [2.75, 3.05) is 13.1 Å². The van der Waals surface area contributed by atoms with E-state index in [4.69, 9.17) is 5.11 Å². The smallest absolute Gasteiger partial charge is 0.321 e. The molecule has 7 nitrogen and oxygen atoms in total. The standard InChI is InChI=1S/C8H15N3O4/c1-3-9-8(15)11-7(14)5(2)10-4-6(12)13/h5,10H,3-4H2,1-2H3,(H,12,13)(H2,9,11,14,15). The summed E-state index contributed by atoms with van der Waals surface area (Å²) in [6, 6.07) is -1.32. The van der Waals surface area contributed by atoms with E-state index in [2.05, 4.69) is 16.0 Å². The van der Waals surface area contributed by atoms with Crippen molar-refractivity contribution in [1.82, 2.24) is 16.0 Å². The van der Waals surface area contributed by atoms with Crippen LogP contribution in [-0.2, 0) is 9.59 Å². The lowest BCUT2D eigenvalue weighted by molar-refractivity contribution is -0.136. The van der Waals surface area contributed by atoms with Gasteiger partial charge in [-0.1, -0.05) is 0 Å². The maximum Gasteiger partial charge on any atom is 0.321 e. The number of nitrogens with one attached hydrogen (secondary N) is 3. The number of rotatable bonds is 5. The SMILES string of the molecule is CCNC(=O)NC(=O)C(C)NCC(=O)O. The lowest BCUT2D eigenvalue weighted by Gasteiger charge is -2.11. The third kappa shape index (κ3) is 6.44. The minimum Gasteiger partial charge on any atom is -0.480 e. The van der Waals surface area contributed by atoms with Crippen molar-refractivity contribution in [1.29, 1.82) is 0 Å². The van der Waals surface area contributed by atoms with Crippen LogP contribution in [0.1, 0.15) is 13.8 Å². The summed E-state index contributed by atoms with van der Waals surface area (Å²) in [5.41, 5.74) is 0. The van der Waals surface area contributed by atoms with Crippen molar-refractivity contribution < 1.29 is 19.5 Å². The molecule has 15 heavy (non-hydrogen) atoms. The van der Waals surface area contributed by atoms with E-state index in [-0.39, 0.29) is 6.54 Å². The molecule has 0 aromatic rings. The van der Waals surface area contributed by atoms with E-state index in [1.54, 1.807) is 6.92 Å². The molecule has 0 saturated heterocycles. The quantitative estimate of drug-likeness (QED) is 0.467. The molecular formula is C8H15N3O4. The van der Waals surface area contributed by atoms with Crippen LogP contribution in [0.2, 0.25) is 0 Å². The maximum absolute atomic E-state index is 11.2. The predicted molar refractivity (Wildman–Crippen MR) is 52.3 cm³/mol. The van der Waals surface area contributed by atoms with E-state index in [0.29, 0.717) is 6.54 Å². The largest absolute Gasteiger partial charge is 0.480 e. The maximum atomic E-state index is 11.2. The van der Waals surface area contributed by atoms with Gasteiger partial charge in [0.05, 0.1) is 12.6 Å². The summed E-state index contributed by atoms with van der Waals surface area (Å²) in [4.78, 5) is 32.3. The van der Waals surface area contributed by atoms with E-state index < -0.39 is 23.9 Å². The molecule has 3 amide bonds. The van der Waals surface area contributed by atoms with Gasteiger partial charge in [-0.15, -0.1) is 0 Å². The molecule has 0 rings (SSSR count). The summed E-state index contributed by atoms with van der Waals surface area (Å²) in [5.74, 6) is -1.63. The molecule has 0 fully saturated rings. The highest BCUT2D eigenvalue weighted by Crippen LogP contribution is 1.81. The molecule has 0 bridgehead atoms. The van der Waals surface area contributed by atoms with Crippen LogP contribution in [0, 0.1) is 0 Å². The summed E-state index contributed by atoms with van der Waals surface area (Å²) in [5, 5.41) is 15.2. The first-order valence-electron chi connectivity index (χ1n) is 4.51. The molecule has 7 heteroatoms. The zero-order valence-electron chi connectivity index (χ0n) is 8.66. The second-order valence-electron chi connectivity index (χ2n) is 2.85. The summed E-state index contributed by atoms with van der Waals surface area (Å²) >= 11 is 0. The minimum atomic E-state index is -1.06. The topological polar surface area (TPSA) is 108 Å². The number of hydrogen-bond donors (Lipinski definition) is 4. The van der Waals surface area contributed by atoms with Gasteiger partial charge in [0.1, 0.15) is 0 Å². The molecule has 0 spiro atoms. The number of carbonyl (C=O) groups is 3. The van der Waals surface area contributed by atoms with Crippen LogP contribution in [0.15, 0.2) is 0 Å². The Kier molecular flexibility index (Phi) is 6.03. The van der Waals surface area contributed by atoms with Crippen molar-refractivity contribution in [3.05, 3.63) is 0 Å². The van der Waals surface area contributed by atoms with E-state index in [1.807, 2.05) is 0 Å². The van der Waals surface area contributed by atoms with Crippen LogP contribution >= 0.6 is 0 Å². The average Bonchev–Trinajstić information content (AvgIpc) is 2.14. The van der Waals surface area contributed by atoms with E-state index in [0.717, 1.165) is 0 Å². The van der Waals surface area contributed by atoms with Gasteiger partial charge in [0.2, 0.25) is 5.91 Å². The summed E-state index contributed by atoms with van der Waals surface area (Å²) in [6.45, 7) is 3.27. The van der Waals surface area contributed by atoms with Crippen molar-refractivity contribution in [3.8, 4) is 0 Å². The Morgan fingerprint density at radius 1 is 1.33 bits per heavy atom. The first-order chi connectivity index (χ1) is 6.97. The van der Waals surface area contributed by atoms with Crippen LogP contribution in [0.25, 0.3) is 0 Å². The molecule has 0 aromatic heterocycles. The Morgan fingerprint density at radius 3 is 2.40 bits per heavy atom. The Balaban J connectivity index is 3.88. The van der Waals surface area contributed by atoms with Gasteiger partial charge in [-0.05, 0) is 13.8 Å². The number of amides is 3. The van der Waals surface area contributed by atoms with Crippen LogP contribution in [0.3, 0.4) is 0 Å². The van der Waals surface area contributed by atoms with Crippen molar-refractivity contribution in [2.24, 2.45) is 0 Å². The van der Waals surface area contributed by atoms with Gasteiger partial charge >= 0.3 is 12.0 Å². The number of hydrogen-bond acceptors (Lipinski definition) is 4. The first kappa shape index (κ1) is 13.4. The Hall–Kier alpha value is -1.63. The fourth-order valence-electron chi connectivity index (χ4n) is 0.758. The highest BCUT2D eigenvalue weighted by Gasteiger charge is 2.15. The molecule has 0 aliphatic heterocycles. The normalized spacial score (nSPS) is 11.6. The number of carboxylic acid groups (broad SMARTS) is 1. The number of urea groups is 1. The van der Waals surface area contributed by atoms with Crippen molar-refractivity contribution in [3.63, 3.8) is 0 Å². The summed E-state index contributed by atoms with van der Waals surface area (Å²) in [6.07, 6.45) is 0. The molecule has 0 radical (unpaired) electrons. The van der Waals surface area contributed by atoms with Crippen LogP contribution < -0.4 is 16.0 Å². The molecule has 86 valence electrons. The fourth-order valence-corrected chi connectivity index (χ4v) is 0.758. The van der Waals surface area contributed by atoms with E-state index in [1.165, 1.54) is 6.92 Å². The van der Waals surface area contributed by atoms with Gasteiger partial charge in [-0.25, -0.2) is 4.79 Å². The fraction of sp³-hybridized carbons (Fsp3) is 0.625. The average molecular weight is 217 g/mol. The number of carbonyl (C=O) groups excluding carboxylic acids is 2. The molecule has 0 heterocycles. The van der Waals surface area contributed by atoms with Gasteiger partial charge in [0.15, 0.2) is 0 Å². The summed E-state index contributed by atoms with van der Waals surface area (Å²) < 4.78 is 0. The van der Waals surface area contributed by atoms with Gasteiger partial charge in [0, 0.05) is 6.54 Å². The molecule has 0 aliphatic rings. The molecule has 4 N–H and O–H groups in total. The monoisotopic (exact) mass is 217 g/mol. The Bertz CT molecular complexity index is 254. The molecule has 1 unspecified atom stereocenters. The van der Waals surface area contributed by atoms with Crippen molar-refractivity contribution >= 4 is 17.9 Å². The lowest BCUT2D eigenvalue weighted by Crippen LogP contribution is -2.48. The third-order valence-electron chi connectivity index (χ3n) is 1.53. The highest BCUT2D eigenvalue weighted by atomic mass is 16.4. The number of aliphatic carboxylic acids is 1. The highest BCUT2D eigenvalue weighted by molar-refractivity contribution is 5.96. The third-order valence-corrected chi connectivity index (χ3v) is 1.53. The van der Waals surface area contributed by atoms with Gasteiger partial charge in [0.25, 0.3) is 0 Å². The first-order valence-corrected chi connectivity index (χ1v) is 4.51. The summed E-state index contributed by atoms with van der Waals surface area (Å²) in [7, 11) is 0. The van der Waals surface area contributed by atoms with Crippen molar-refractivity contribution in [2.45, 2.75) is 19.9 Å². The molecular weight excluding hydrogens is 202 g/mol. The van der Waals surface area contributed by atoms with Crippen LogP contribution in [0.4, 0.5) is 4.79 Å². The molecule has 0 aromatic carbocycles. The second kappa shape index (κ2) is 6.77.